The number of halogens is 1. The molecule has 0 radical (unpaired) electrons. The summed E-state index contributed by atoms with van der Waals surface area (Å²) in [6.07, 6.45) is 0. The van der Waals surface area contributed by atoms with Crippen molar-refractivity contribution in [3.05, 3.63) is 168 Å². The first-order valence-corrected chi connectivity index (χ1v) is 15.3. The van der Waals surface area contributed by atoms with Crippen LogP contribution in [0.5, 0.6) is 0 Å². The summed E-state index contributed by atoms with van der Waals surface area (Å²) in [5.74, 6) is 0. The monoisotopic (exact) mass is 614 g/mol. The van der Waals surface area contributed by atoms with Crippen LogP contribution in [0.3, 0.4) is 0 Å². The molecule has 0 saturated heterocycles. The van der Waals surface area contributed by atoms with Gasteiger partial charge in [-0.15, -0.1) is 0 Å². The quantitative estimate of drug-likeness (QED) is 0.187. The van der Waals surface area contributed by atoms with Crippen LogP contribution in [0.25, 0.3) is 49.4 Å². The molecule has 3 heteroatoms. The Hall–Kier alpha value is -5.12. The molecule has 8 aromatic rings. The van der Waals surface area contributed by atoms with Gasteiger partial charge in [-0.2, -0.15) is 0 Å². The fourth-order valence-corrected chi connectivity index (χ4v) is 6.68. The van der Waals surface area contributed by atoms with Gasteiger partial charge in [0.05, 0.1) is 11.0 Å². The Labute approximate surface area is 259 Å². The Bertz CT molecular complexity index is 2190. The Kier molecular flexibility index (Phi) is 6.31. The Balaban J connectivity index is 1.34. The average molecular weight is 616 g/mol. The van der Waals surface area contributed by atoms with Gasteiger partial charge in [0.2, 0.25) is 0 Å². The van der Waals surface area contributed by atoms with Crippen molar-refractivity contribution >= 4 is 65.6 Å². The van der Waals surface area contributed by atoms with Crippen molar-refractivity contribution in [2.24, 2.45) is 0 Å². The van der Waals surface area contributed by atoms with Gasteiger partial charge < -0.3 is 9.47 Å². The standard InChI is InChI=1S/C40H27BrN2/c41-32-25-35(27-36(26-32)43-39-16-8-6-14-37(39)38-15-7-9-17-40(38)43)42(34-23-20-29-12-4-5-13-31(29)24-34)33-21-18-30(19-22-33)28-10-2-1-3-11-28/h1-27H. The first-order valence-electron chi connectivity index (χ1n) is 14.5. The summed E-state index contributed by atoms with van der Waals surface area (Å²) in [5, 5.41) is 4.94. The molecule has 2 nitrogen and oxygen atoms in total. The number of aromatic nitrogens is 1. The molecule has 0 atom stereocenters. The van der Waals surface area contributed by atoms with E-state index in [1.165, 1.54) is 43.7 Å². The molecule has 1 aromatic heterocycles. The topological polar surface area (TPSA) is 8.17 Å². The number of hydrogen-bond donors (Lipinski definition) is 0. The summed E-state index contributed by atoms with van der Waals surface area (Å²) in [6.45, 7) is 0. The molecule has 0 saturated carbocycles. The lowest BCUT2D eigenvalue weighted by Gasteiger charge is -2.27. The maximum Gasteiger partial charge on any atom is 0.0541 e. The smallest absolute Gasteiger partial charge is 0.0541 e. The summed E-state index contributed by atoms with van der Waals surface area (Å²) >= 11 is 3.88. The van der Waals surface area contributed by atoms with Crippen molar-refractivity contribution in [2.75, 3.05) is 4.90 Å². The number of nitrogens with zero attached hydrogens (tertiary/aromatic N) is 2. The molecular formula is C40H27BrN2. The second kappa shape index (κ2) is 10.6. The highest BCUT2D eigenvalue weighted by Gasteiger charge is 2.18. The van der Waals surface area contributed by atoms with Crippen LogP contribution in [-0.2, 0) is 0 Å². The Morgan fingerprint density at radius 3 is 1.72 bits per heavy atom. The highest BCUT2D eigenvalue weighted by Crippen LogP contribution is 2.40. The molecule has 0 aliphatic rings. The average Bonchev–Trinajstić information content (AvgIpc) is 3.40. The van der Waals surface area contributed by atoms with E-state index in [9.17, 15) is 0 Å². The molecule has 0 spiro atoms. The van der Waals surface area contributed by atoms with E-state index >= 15 is 0 Å². The predicted molar refractivity (Wildman–Crippen MR) is 186 cm³/mol. The van der Waals surface area contributed by atoms with Gasteiger partial charge in [0.15, 0.2) is 0 Å². The fraction of sp³-hybridized carbons (Fsp3) is 0. The van der Waals surface area contributed by atoms with Gasteiger partial charge in [-0.05, 0) is 76.5 Å². The second-order valence-electron chi connectivity index (χ2n) is 10.8. The fourth-order valence-electron chi connectivity index (χ4n) is 6.21. The molecule has 0 bridgehead atoms. The van der Waals surface area contributed by atoms with E-state index in [4.69, 9.17) is 0 Å². The zero-order valence-electron chi connectivity index (χ0n) is 23.4. The van der Waals surface area contributed by atoms with E-state index in [1.54, 1.807) is 0 Å². The maximum absolute atomic E-state index is 3.88. The molecule has 0 aliphatic carbocycles. The molecular weight excluding hydrogens is 588 g/mol. The Morgan fingerprint density at radius 1 is 0.419 bits per heavy atom. The van der Waals surface area contributed by atoms with Gasteiger partial charge in [-0.25, -0.2) is 0 Å². The molecule has 0 aliphatic heterocycles. The highest BCUT2D eigenvalue weighted by molar-refractivity contribution is 9.10. The molecule has 204 valence electrons. The number of para-hydroxylation sites is 2. The maximum atomic E-state index is 3.88. The van der Waals surface area contributed by atoms with Crippen molar-refractivity contribution in [1.82, 2.24) is 4.57 Å². The summed E-state index contributed by atoms with van der Waals surface area (Å²) < 4.78 is 3.39. The number of hydrogen-bond acceptors (Lipinski definition) is 1. The molecule has 1 heterocycles. The first-order chi connectivity index (χ1) is 21.2. The second-order valence-corrected chi connectivity index (χ2v) is 11.7. The number of fused-ring (bicyclic) bond motifs is 4. The molecule has 0 amide bonds. The molecule has 8 rings (SSSR count). The normalized spacial score (nSPS) is 11.4. The van der Waals surface area contributed by atoms with Crippen molar-refractivity contribution in [3.63, 3.8) is 0 Å². The first kappa shape index (κ1) is 25.6. The van der Waals surface area contributed by atoms with Crippen LogP contribution >= 0.6 is 15.9 Å². The number of rotatable bonds is 5. The lowest BCUT2D eigenvalue weighted by atomic mass is 10.0. The minimum absolute atomic E-state index is 1.02. The summed E-state index contributed by atoms with van der Waals surface area (Å²) in [6, 6.07) is 58.7. The van der Waals surface area contributed by atoms with Crippen LogP contribution < -0.4 is 4.90 Å². The van der Waals surface area contributed by atoms with Gasteiger partial charge in [0.1, 0.15) is 0 Å². The molecule has 0 unspecified atom stereocenters. The van der Waals surface area contributed by atoms with Gasteiger partial charge in [-0.3, -0.25) is 0 Å². The van der Waals surface area contributed by atoms with E-state index in [0.29, 0.717) is 0 Å². The van der Waals surface area contributed by atoms with E-state index < -0.39 is 0 Å². The van der Waals surface area contributed by atoms with Gasteiger partial charge in [0.25, 0.3) is 0 Å². The largest absolute Gasteiger partial charge is 0.310 e. The van der Waals surface area contributed by atoms with E-state index in [1.807, 2.05) is 0 Å². The van der Waals surface area contributed by atoms with Crippen LogP contribution in [0.4, 0.5) is 17.1 Å². The van der Waals surface area contributed by atoms with E-state index in [2.05, 4.69) is 189 Å². The minimum Gasteiger partial charge on any atom is -0.310 e. The summed E-state index contributed by atoms with van der Waals surface area (Å²) in [5.41, 5.74) is 9.18. The van der Waals surface area contributed by atoms with Crippen LogP contribution in [0.1, 0.15) is 0 Å². The van der Waals surface area contributed by atoms with E-state index in [-0.39, 0.29) is 0 Å². The summed E-state index contributed by atoms with van der Waals surface area (Å²) in [7, 11) is 0. The van der Waals surface area contributed by atoms with E-state index in [0.717, 1.165) is 27.2 Å². The number of anilines is 3. The minimum atomic E-state index is 1.02. The van der Waals surface area contributed by atoms with Gasteiger partial charge >= 0.3 is 0 Å². The van der Waals surface area contributed by atoms with Crippen LogP contribution in [-0.4, -0.2) is 4.57 Å². The molecule has 0 N–H and O–H groups in total. The molecule has 7 aromatic carbocycles. The number of benzene rings is 7. The third-order valence-electron chi connectivity index (χ3n) is 8.19. The summed E-state index contributed by atoms with van der Waals surface area (Å²) in [4.78, 5) is 2.35. The van der Waals surface area contributed by atoms with Crippen molar-refractivity contribution < 1.29 is 0 Å². The van der Waals surface area contributed by atoms with Crippen molar-refractivity contribution in [1.29, 1.82) is 0 Å². The van der Waals surface area contributed by atoms with Gasteiger partial charge in [-0.1, -0.05) is 125 Å². The van der Waals surface area contributed by atoms with Crippen LogP contribution in [0.15, 0.2) is 168 Å². The van der Waals surface area contributed by atoms with Crippen molar-refractivity contribution in [2.45, 2.75) is 0 Å². The Morgan fingerprint density at radius 2 is 1.00 bits per heavy atom. The lowest BCUT2D eigenvalue weighted by molar-refractivity contribution is 1.17. The SMILES string of the molecule is Brc1cc(N(c2ccc(-c3ccccc3)cc2)c2ccc3ccccc3c2)cc(-n2c3ccccc3c3ccccc32)c1. The molecule has 43 heavy (non-hydrogen) atoms. The molecule has 0 fully saturated rings. The zero-order valence-corrected chi connectivity index (χ0v) is 24.9. The highest BCUT2D eigenvalue weighted by atomic mass is 79.9. The third-order valence-corrected chi connectivity index (χ3v) is 8.65. The van der Waals surface area contributed by atoms with Gasteiger partial charge in [0, 0.05) is 38.0 Å². The van der Waals surface area contributed by atoms with Crippen LogP contribution in [0.2, 0.25) is 0 Å². The van der Waals surface area contributed by atoms with Crippen LogP contribution in [0, 0.1) is 0 Å². The predicted octanol–water partition coefficient (Wildman–Crippen LogP) is 11.8. The zero-order chi connectivity index (χ0) is 28.8. The third kappa shape index (κ3) is 4.59. The lowest BCUT2D eigenvalue weighted by Crippen LogP contribution is -2.11. The van der Waals surface area contributed by atoms with Crippen molar-refractivity contribution in [3.8, 4) is 16.8 Å².